The first-order valence-electron chi connectivity index (χ1n) is 11.1. The van der Waals surface area contributed by atoms with Crippen molar-refractivity contribution in [2.45, 2.75) is 49.7 Å². The number of aromatic nitrogens is 2. The zero-order valence-corrected chi connectivity index (χ0v) is 20.1. The molecule has 7 nitrogen and oxygen atoms in total. The molecule has 2 aromatic heterocycles. The average molecular weight is 483 g/mol. The first kappa shape index (κ1) is 22.2. The number of fused-ring (bicyclic) bond motifs is 3. The monoisotopic (exact) mass is 482 g/mol. The van der Waals surface area contributed by atoms with Crippen molar-refractivity contribution < 1.29 is 13.2 Å². The Morgan fingerprint density at radius 1 is 1.24 bits per heavy atom. The van der Waals surface area contributed by atoms with Crippen LogP contribution in [0.15, 0.2) is 60.1 Å². The number of piperidine rings is 1. The van der Waals surface area contributed by atoms with Crippen molar-refractivity contribution in [3.05, 3.63) is 66.0 Å². The number of sulfonamides is 1. The molecule has 33 heavy (non-hydrogen) atoms. The number of benzene rings is 1. The van der Waals surface area contributed by atoms with E-state index in [-0.39, 0.29) is 22.8 Å². The summed E-state index contributed by atoms with van der Waals surface area (Å²) in [6, 6.07) is 9.63. The Morgan fingerprint density at radius 2 is 2.09 bits per heavy atom. The van der Waals surface area contributed by atoms with Crippen molar-refractivity contribution >= 4 is 37.5 Å². The third kappa shape index (κ3) is 3.98. The van der Waals surface area contributed by atoms with E-state index in [1.807, 2.05) is 25.1 Å². The lowest BCUT2D eigenvalue weighted by molar-refractivity contribution is -0.135. The highest BCUT2D eigenvalue weighted by Crippen LogP contribution is 2.38. The number of hydrogen-bond acceptors (Lipinski definition) is 6. The summed E-state index contributed by atoms with van der Waals surface area (Å²) in [5, 5.41) is 0.887. The number of rotatable bonds is 5. The summed E-state index contributed by atoms with van der Waals surface area (Å²) < 4.78 is 30.3. The van der Waals surface area contributed by atoms with E-state index in [1.54, 1.807) is 35.4 Å². The molecule has 9 heteroatoms. The summed E-state index contributed by atoms with van der Waals surface area (Å²) >= 11 is 1.47. The van der Waals surface area contributed by atoms with Crippen LogP contribution in [0.3, 0.4) is 0 Å². The van der Waals surface area contributed by atoms with Gasteiger partial charge in [-0.3, -0.25) is 9.78 Å². The van der Waals surface area contributed by atoms with Crippen molar-refractivity contribution in [3.8, 4) is 0 Å². The molecule has 2 aliphatic rings. The van der Waals surface area contributed by atoms with Crippen LogP contribution in [-0.4, -0.2) is 52.1 Å². The van der Waals surface area contributed by atoms with Gasteiger partial charge in [0.25, 0.3) is 0 Å². The van der Waals surface area contributed by atoms with Gasteiger partial charge in [0.05, 0.1) is 32.4 Å². The van der Waals surface area contributed by atoms with Crippen molar-refractivity contribution in [2.75, 3.05) is 6.54 Å². The fourth-order valence-electron chi connectivity index (χ4n) is 5.03. The van der Waals surface area contributed by atoms with E-state index in [0.717, 1.165) is 27.3 Å². The van der Waals surface area contributed by atoms with Crippen LogP contribution in [-0.2, 0) is 21.4 Å². The van der Waals surface area contributed by atoms with Crippen LogP contribution in [0.2, 0.25) is 0 Å². The van der Waals surface area contributed by atoms with E-state index in [2.05, 4.69) is 16.5 Å². The molecule has 2 fully saturated rings. The van der Waals surface area contributed by atoms with Crippen LogP contribution in [0.1, 0.15) is 30.0 Å². The third-order valence-corrected chi connectivity index (χ3v) is 9.42. The summed E-state index contributed by atoms with van der Waals surface area (Å²) in [7, 11) is -3.90. The second-order valence-electron chi connectivity index (χ2n) is 8.65. The van der Waals surface area contributed by atoms with Crippen LogP contribution in [0, 0.1) is 12.8 Å². The van der Waals surface area contributed by atoms with Gasteiger partial charge in [-0.05, 0) is 56.5 Å². The number of thiazole rings is 1. The van der Waals surface area contributed by atoms with E-state index in [4.69, 9.17) is 0 Å². The minimum atomic E-state index is -3.90. The highest BCUT2D eigenvalue weighted by molar-refractivity contribution is 7.89. The average Bonchev–Trinajstić information content (AvgIpc) is 3.18. The Morgan fingerprint density at radius 3 is 2.85 bits per heavy atom. The number of nitrogens with zero attached hydrogens (tertiary/aromatic N) is 4. The predicted octanol–water partition coefficient (Wildman–Crippen LogP) is 3.76. The molecule has 1 amide bonds. The molecule has 3 atom stereocenters. The van der Waals surface area contributed by atoms with Crippen molar-refractivity contribution in [1.29, 1.82) is 0 Å². The van der Waals surface area contributed by atoms with E-state index < -0.39 is 16.1 Å². The van der Waals surface area contributed by atoms with Crippen molar-refractivity contribution in [3.63, 3.8) is 0 Å². The molecule has 4 heterocycles. The van der Waals surface area contributed by atoms with Crippen molar-refractivity contribution in [1.82, 2.24) is 19.2 Å². The summed E-state index contributed by atoms with van der Waals surface area (Å²) in [5.74, 6) is -0.319. The quantitative estimate of drug-likeness (QED) is 0.517. The van der Waals surface area contributed by atoms with E-state index >= 15 is 0 Å². The zero-order valence-electron chi connectivity index (χ0n) is 18.4. The molecule has 1 aromatic carbocycles. The van der Waals surface area contributed by atoms with Crippen LogP contribution in [0.25, 0.3) is 10.2 Å². The number of carbonyl (C=O) groups excluding carboxylic acids is 1. The first-order chi connectivity index (χ1) is 15.9. The highest BCUT2D eigenvalue weighted by atomic mass is 32.2. The van der Waals surface area contributed by atoms with Crippen LogP contribution in [0.4, 0.5) is 0 Å². The lowest BCUT2D eigenvalue weighted by atomic mass is 9.90. The van der Waals surface area contributed by atoms with Gasteiger partial charge in [0.2, 0.25) is 15.9 Å². The summed E-state index contributed by atoms with van der Waals surface area (Å²) in [6.45, 7) is 6.68. The molecular formula is C24H26N4O3S2. The van der Waals surface area contributed by atoms with Gasteiger partial charge >= 0.3 is 0 Å². The number of hydrogen-bond donors (Lipinski definition) is 0. The SMILES string of the molecule is C=C[C@@H]1CN(Cc2ccccn2)C(=O)[C@@H]2CCC[C@H]1N2S(=O)(=O)c1ccc2nc(C)sc2c1. The number of amides is 1. The largest absolute Gasteiger partial charge is 0.335 e. The second kappa shape index (κ2) is 8.62. The molecule has 0 unspecified atom stereocenters. The van der Waals surface area contributed by atoms with Crippen LogP contribution >= 0.6 is 11.3 Å². The smallest absolute Gasteiger partial charge is 0.244 e. The Balaban J connectivity index is 1.55. The second-order valence-corrected chi connectivity index (χ2v) is 11.7. The molecule has 172 valence electrons. The highest BCUT2D eigenvalue weighted by Gasteiger charge is 2.49. The Bertz CT molecular complexity index is 1310. The molecule has 0 spiro atoms. The van der Waals surface area contributed by atoms with Crippen molar-refractivity contribution in [2.24, 2.45) is 5.92 Å². The summed E-state index contributed by atoms with van der Waals surface area (Å²) in [5.41, 5.74) is 1.57. The Labute approximate surface area is 197 Å². The zero-order chi connectivity index (χ0) is 23.2. The fourth-order valence-corrected chi connectivity index (χ4v) is 7.87. The standard InChI is InChI=1S/C24H26N4O3S2/c1-3-17-14-27(15-18-7-4-5-12-25-18)24(29)22-9-6-8-21(17)28(22)33(30,31)19-10-11-20-23(13-19)32-16(2)26-20/h3-5,7,10-13,17,21-22H,1,6,8-9,14-15H2,2H3/t17-,21-,22+/m1/s1. The maximum Gasteiger partial charge on any atom is 0.244 e. The number of pyridine rings is 1. The molecule has 2 aliphatic heterocycles. The van der Waals surface area contributed by atoms with Crippen LogP contribution < -0.4 is 0 Å². The van der Waals surface area contributed by atoms with E-state index in [9.17, 15) is 13.2 Å². The summed E-state index contributed by atoms with van der Waals surface area (Å²) in [4.78, 5) is 24.4. The number of aryl methyl sites for hydroxylation is 1. The van der Waals surface area contributed by atoms with Gasteiger partial charge in [0.15, 0.2) is 0 Å². The fraction of sp³-hybridized carbons (Fsp3) is 0.375. The van der Waals surface area contributed by atoms with Gasteiger partial charge in [-0.15, -0.1) is 17.9 Å². The van der Waals surface area contributed by atoms with E-state index in [0.29, 0.717) is 25.9 Å². The normalized spacial score (nSPS) is 24.1. The molecule has 3 aromatic rings. The first-order valence-corrected chi connectivity index (χ1v) is 13.4. The van der Waals surface area contributed by atoms with Gasteiger partial charge < -0.3 is 4.90 Å². The maximum atomic E-state index is 14.0. The van der Waals surface area contributed by atoms with Gasteiger partial charge in [-0.2, -0.15) is 4.31 Å². The lowest BCUT2D eigenvalue weighted by Crippen LogP contribution is -2.54. The molecule has 2 saturated heterocycles. The molecule has 0 saturated carbocycles. The maximum absolute atomic E-state index is 14.0. The van der Waals surface area contributed by atoms with Gasteiger partial charge in [-0.25, -0.2) is 13.4 Å². The number of carbonyl (C=O) groups is 1. The van der Waals surface area contributed by atoms with Gasteiger partial charge in [0.1, 0.15) is 6.04 Å². The van der Waals surface area contributed by atoms with Crippen LogP contribution in [0.5, 0.6) is 0 Å². The topological polar surface area (TPSA) is 83.5 Å². The Hall–Kier alpha value is -2.62. The molecule has 2 bridgehead atoms. The predicted molar refractivity (Wildman–Crippen MR) is 128 cm³/mol. The third-order valence-electron chi connectivity index (χ3n) is 6.56. The molecule has 0 N–H and O–H groups in total. The lowest BCUT2D eigenvalue weighted by Gasteiger charge is -2.40. The van der Waals surface area contributed by atoms with E-state index in [1.165, 1.54) is 15.6 Å². The molecule has 0 radical (unpaired) electrons. The van der Waals surface area contributed by atoms with Gasteiger partial charge in [-0.1, -0.05) is 12.1 Å². The molecule has 5 rings (SSSR count). The molecular weight excluding hydrogens is 456 g/mol. The summed E-state index contributed by atoms with van der Waals surface area (Å²) in [6.07, 6.45) is 5.53. The Kier molecular flexibility index (Phi) is 5.80. The molecule has 0 aliphatic carbocycles. The van der Waals surface area contributed by atoms with Gasteiger partial charge in [0, 0.05) is 24.7 Å². The minimum absolute atomic E-state index is 0.159. The minimum Gasteiger partial charge on any atom is -0.335 e.